The Hall–Kier alpha value is -0.763. The number of aryl methyl sites for hydroxylation is 2. The van der Waals surface area contributed by atoms with E-state index in [1.54, 1.807) is 0 Å². The van der Waals surface area contributed by atoms with Crippen LogP contribution in [0.25, 0.3) is 0 Å². The van der Waals surface area contributed by atoms with Crippen LogP contribution in [0.5, 0.6) is 0 Å². The Balaban J connectivity index is 2.83. The van der Waals surface area contributed by atoms with Crippen molar-refractivity contribution in [2.45, 2.75) is 188 Å². The Morgan fingerprint density at radius 3 is 1.08 bits per heavy atom. The monoisotopic (exact) mass is 530 g/mol. The van der Waals surface area contributed by atoms with Gasteiger partial charge in [-0.05, 0) is 43.1 Å². The van der Waals surface area contributed by atoms with Crippen LogP contribution in [0.2, 0.25) is 18.1 Å². The van der Waals surface area contributed by atoms with Crippen molar-refractivity contribution < 1.29 is 0 Å². The highest BCUT2D eigenvalue weighted by Crippen LogP contribution is 2.33. The van der Waals surface area contributed by atoms with Gasteiger partial charge < -0.3 is 4.98 Å². The predicted octanol–water partition coefficient (Wildman–Crippen LogP) is 12.9. The van der Waals surface area contributed by atoms with E-state index in [2.05, 4.69) is 57.8 Å². The third kappa shape index (κ3) is 16.7. The standard InChI is InChI=1S/C35H67NSi/c1-6-9-12-15-18-21-24-30-37(31-25-22-19-16-13-10-7-2,32-26-23-20-17-14-11-8-3)36-35-33(4)28-27-29-34(35)5/h27-29,36H,6-26,30-32H2,1-5H3. The molecule has 0 radical (unpaired) electrons. The van der Waals surface area contributed by atoms with Gasteiger partial charge in [-0.1, -0.05) is 174 Å². The van der Waals surface area contributed by atoms with Gasteiger partial charge in [-0.15, -0.1) is 0 Å². The van der Waals surface area contributed by atoms with Crippen LogP contribution in [-0.4, -0.2) is 8.24 Å². The van der Waals surface area contributed by atoms with E-state index in [9.17, 15) is 0 Å². The third-order valence-electron chi connectivity index (χ3n) is 8.65. The van der Waals surface area contributed by atoms with Crippen molar-refractivity contribution in [1.82, 2.24) is 0 Å². The Kier molecular flexibility index (Phi) is 21.4. The largest absolute Gasteiger partial charge is 0.410 e. The minimum Gasteiger partial charge on any atom is -0.410 e. The summed E-state index contributed by atoms with van der Waals surface area (Å²) < 4.78 is 0. The zero-order valence-corrected chi connectivity index (χ0v) is 27.2. The second-order valence-electron chi connectivity index (χ2n) is 12.3. The molecule has 2 heteroatoms. The minimum atomic E-state index is -1.58. The quantitative estimate of drug-likeness (QED) is 0.0929. The topological polar surface area (TPSA) is 12.0 Å². The highest BCUT2D eigenvalue weighted by atomic mass is 28.3. The van der Waals surface area contributed by atoms with Gasteiger partial charge >= 0.3 is 0 Å². The smallest absolute Gasteiger partial charge is 0.153 e. The Morgan fingerprint density at radius 1 is 0.459 bits per heavy atom. The van der Waals surface area contributed by atoms with Crippen molar-refractivity contribution in [2.24, 2.45) is 0 Å². The van der Waals surface area contributed by atoms with Crippen LogP contribution in [0.3, 0.4) is 0 Å². The van der Waals surface area contributed by atoms with Gasteiger partial charge in [0, 0.05) is 5.69 Å². The molecule has 0 atom stereocenters. The molecule has 37 heavy (non-hydrogen) atoms. The van der Waals surface area contributed by atoms with Crippen LogP contribution in [0.15, 0.2) is 18.2 Å². The summed E-state index contributed by atoms with van der Waals surface area (Å²) in [5, 5.41) is 0. The van der Waals surface area contributed by atoms with Crippen molar-refractivity contribution in [1.29, 1.82) is 0 Å². The maximum atomic E-state index is 4.40. The first-order valence-electron chi connectivity index (χ1n) is 16.9. The van der Waals surface area contributed by atoms with Crippen LogP contribution in [0, 0.1) is 13.8 Å². The maximum Gasteiger partial charge on any atom is 0.153 e. The lowest BCUT2D eigenvalue weighted by atomic mass is 10.1. The lowest BCUT2D eigenvalue weighted by molar-refractivity contribution is 0.588. The maximum absolute atomic E-state index is 4.40. The molecule has 0 fully saturated rings. The van der Waals surface area contributed by atoms with E-state index in [1.807, 2.05) is 0 Å². The number of rotatable bonds is 26. The number of hydrogen-bond donors (Lipinski definition) is 1. The van der Waals surface area contributed by atoms with Crippen LogP contribution in [-0.2, 0) is 0 Å². The fourth-order valence-corrected chi connectivity index (χ4v) is 10.9. The van der Waals surface area contributed by atoms with Gasteiger partial charge in [0.1, 0.15) is 0 Å². The number of unbranched alkanes of at least 4 members (excludes halogenated alkanes) is 18. The number of anilines is 1. The molecule has 1 aromatic rings. The van der Waals surface area contributed by atoms with Crippen LogP contribution < -0.4 is 4.98 Å². The molecule has 0 saturated heterocycles. The lowest BCUT2D eigenvalue weighted by Gasteiger charge is -2.35. The highest BCUT2D eigenvalue weighted by Gasteiger charge is 2.32. The predicted molar refractivity (Wildman–Crippen MR) is 174 cm³/mol. The van der Waals surface area contributed by atoms with Gasteiger partial charge in [0.2, 0.25) is 0 Å². The molecule has 0 aromatic heterocycles. The summed E-state index contributed by atoms with van der Waals surface area (Å²) in [4.78, 5) is 4.40. The van der Waals surface area contributed by atoms with E-state index >= 15 is 0 Å². The molecule has 0 heterocycles. The molecule has 0 aliphatic rings. The van der Waals surface area contributed by atoms with Crippen molar-refractivity contribution >= 4 is 13.9 Å². The third-order valence-corrected chi connectivity index (χ3v) is 13.4. The molecule has 1 aromatic carbocycles. The first kappa shape index (κ1) is 34.3. The number of nitrogens with one attached hydrogen (secondary N) is 1. The second-order valence-corrected chi connectivity index (χ2v) is 16.6. The van der Waals surface area contributed by atoms with Gasteiger partial charge in [0.05, 0.1) is 0 Å². The molecule has 1 N–H and O–H groups in total. The molecule has 1 nitrogen and oxygen atoms in total. The van der Waals surface area contributed by atoms with Gasteiger partial charge in [-0.25, -0.2) is 0 Å². The van der Waals surface area contributed by atoms with Gasteiger partial charge in [-0.2, -0.15) is 0 Å². The number of benzene rings is 1. The van der Waals surface area contributed by atoms with E-state index in [1.165, 1.54) is 170 Å². The van der Waals surface area contributed by atoms with E-state index in [0.717, 1.165) is 0 Å². The molecule has 0 aliphatic heterocycles. The van der Waals surface area contributed by atoms with Crippen molar-refractivity contribution in [2.75, 3.05) is 4.98 Å². The van der Waals surface area contributed by atoms with Gasteiger partial charge in [0.15, 0.2) is 8.24 Å². The van der Waals surface area contributed by atoms with Gasteiger partial charge in [0.25, 0.3) is 0 Å². The average molecular weight is 530 g/mol. The Labute approximate surface area is 235 Å². The summed E-state index contributed by atoms with van der Waals surface area (Å²) in [6.07, 6.45) is 30.0. The molecule has 0 aliphatic carbocycles. The first-order chi connectivity index (χ1) is 18.1. The molecule has 0 amide bonds. The fraction of sp³-hybridized carbons (Fsp3) is 0.829. The highest BCUT2D eigenvalue weighted by molar-refractivity contribution is 6.82. The lowest BCUT2D eigenvalue weighted by Crippen LogP contribution is -2.44. The number of hydrogen-bond acceptors (Lipinski definition) is 1. The van der Waals surface area contributed by atoms with Crippen LogP contribution in [0.1, 0.15) is 167 Å². The molecular weight excluding hydrogens is 462 g/mol. The molecule has 0 spiro atoms. The summed E-state index contributed by atoms with van der Waals surface area (Å²) in [5.41, 5.74) is 4.40. The molecule has 0 unspecified atom stereocenters. The van der Waals surface area contributed by atoms with Crippen LogP contribution >= 0.6 is 0 Å². The molecule has 1 rings (SSSR count). The average Bonchev–Trinajstić information content (AvgIpc) is 2.89. The van der Waals surface area contributed by atoms with E-state index < -0.39 is 8.24 Å². The summed E-state index contributed by atoms with van der Waals surface area (Å²) >= 11 is 0. The Morgan fingerprint density at radius 2 is 0.757 bits per heavy atom. The fourth-order valence-electron chi connectivity index (χ4n) is 6.10. The van der Waals surface area contributed by atoms with E-state index in [-0.39, 0.29) is 0 Å². The molecule has 216 valence electrons. The summed E-state index contributed by atoms with van der Waals surface area (Å²) in [6, 6.07) is 11.3. The zero-order valence-electron chi connectivity index (χ0n) is 26.2. The van der Waals surface area contributed by atoms with Crippen molar-refractivity contribution in [3.8, 4) is 0 Å². The molecule has 0 saturated carbocycles. The summed E-state index contributed by atoms with van der Waals surface area (Å²) in [7, 11) is -1.58. The normalized spacial score (nSPS) is 11.8. The molecular formula is C35H67NSi. The summed E-state index contributed by atoms with van der Waals surface area (Å²) in [6.45, 7) is 11.6. The van der Waals surface area contributed by atoms with E-state index in [4.69, 9.17) is 0 Å². The zero-order chi connectivity index (χ0) is 27.0. The van der Waals surface area contributed by atoms with Crippen LogP contribution in [0.4, 0.5) is 5.69 Å². The van der Waals surface area contributed by atoms with Crippen molar-refractivity contribution in [3.63, 3.8) is 0 Å². The first-order valence-corrected chi connectivity index (χ1v) is 19.5. The van der Waals surface area contributed by atoms with E-state index in [0.29, 0.717) is 0 Å². The summed E-state index contributed by atoms with van der Waals surface area (Å²) in [5.74, 6) is 0. The SMILES string of the molecule is CCCCCCCCC[Si](CCCCCCCCC)(CCCCCCCCC)Nc1c(C)cccc1C. The second kappa shape index (κ2) is 23.2. The van der Waals surface area contributed by atoms with Gasteiger partial charge in [-0.3, -0.25) is 0 Å². The number of para-hydroxylation sites is 1. The van der Waals surface area contributed by atoms with Crippen molar-refractivity contribution in [3.05, 3.63) is 29.3 Å². The molecule has 0 bridgehead atoms. The minimum absolute atomic E-state index is 1.35. The Bertz CT molecular complexity index is 574.